The number of allylic oxidation sites excluding steroid dienone is 2. The Morgan fingerprint density at radius 3 is 3.00 bits per heavy atom. The van der Waals surface area contributed by atoms with Gasteiger partial charge in [-0.15, -0.1) is 6.58 Å². The van der Waals surface area contributed by atoms with E-state index in [1.165, 1.54) is 6.42 Å². The smallest absolute Gasteiger partial charge is 0.0212 e. The summed E-state index contributed by atoms with van der Waals surface area (Å²) in [4.78, 5) is 0. The van der Waals surface area contributed by atoms with Crippen molar-refractivity contribution in [3.8, 4) is 0 Å². The number of alkyl halides is 1. The Labute approximate surface area is 83.1 Å². The van der Waals surface area contributed by atoms with Crippen molar-refractivity contribution in [2.45, 2.75) is 6.42 Å². The lowest BCUT2D eigenvalue weighted by Crippen LogP contribution is -2.34. The predicted octanol–water partition coefficient (Wildman–Crippen LogP) is 2.35. The van der Waals surface area contributed by atoms with Crippen LogP contribution in [0.4, 0.5) is 0 Å². The molecule has 1 heterocycles. The van der Waals surface area contributed by atoms with E-state index in [-0.39, 0.29) is 0 Å². The molecule has 0 aromatic heterocycles. The van der Waals surface area contributed by atoms with Gasteiger partial charge in [-0.05, 0) is 24.8 Å². The van der Waals surface area contributed by atoms with Crippen molar-refractivity contribution in [3.05, 3.63) is 24.8 Å². The van der Waals surface area contributed by atoms with Crippen molar-refractivity contribution < 1.29 is 0 Å². The summed E-state index contributed by atoms with van der Waals surface area (Å²) in [6, 6.07) is 0. The Kier molecular flexibility index (Phi) is 4.62. The third kappa shape index (κ3) is 2.76. The highest BCUT2D eigenvalue weighted by Gasteiger charge is 2.19. The summed E-state index contributed by atoms with van der Waals surface area (Å²) in [6.07, 6.45) is 7.80. The Bertz CT molecular complexity index is 165. The highest BCUT2D eigenvalue weighted by atomic mass is 79.9. The minimum atomic E-state index is 0.619. The van der Waals surface area contributed by atoms with Gasteiger partial charge in [-0.3, -0.25) is 0 Å². The summed E-state index contributed by atoms with van der Waals surface area (Å²) < 4.78 is 0. The second-order valence-electron chi connectivity index (χ2n) is 3.14. The normalized spacial score (nSPS) is 30.8. The van der Waals surface area contributed by atoms with Gasteiger partial charge in [0.25, 0.3) is 0 Å². The summed E-state index contributed by atoms with van der Waals surface area (Å²) >= 11 is 3.39. The Morgan fingerprint density at radius 1 is 1.50 bits per heavy atom. The number of nitrogens with one attached hydrogen (secondary N) is 1. The standard InChI is InChI=1S/C10H16BrN/c1-2-9-8-12-7-5-10(9)4-3-6-11/h2-4,9-10,12H,1,5-8H2/b4-3-. The monoisotopic (exact) mass is 229 g/mol. The molecular formula is C10H16BrN. The minimum absolute atomic E-state index is 0.619. The summed E-state index contributed by atoms with van der Waals surface area (Å²) in [5.41, 5.74) is 0. The molecule has 0 amide bonds. The number of rotatable bonds is 3. The summed E-state index contributed by atoms with van der Waals surface area (Å²) in [5, 5.41) is 4.33. The molecule has 1 fully saturated rings. The predicted molar refractivity (Wildman–Crippen MR) is 57.6 cm³/mol. The zero-order valence-corrected chi connectivity index (χ0v) is 8.89. The van der Waals surface area contributed by atoms with Gasteiger partial charge in [0.05, 0.1) is 0 Å². The Hall–Kier alpha value is -0.0800. The van der Waals surface area contributed by atoms with Crippen molar-refractivity contribution in [1.82, 2.24) is 5.32 Å². The van der Waals surface area contributed by atoms with Gasteiger partial charge in [-0.1, -0.05) is 34.2 Å². The maximum absolute atomic E-state index is 3.86. The van der Waals surface area contributed by atoms with E-state index < -0.39 is 0 Å². The van der Waals surface area contributed by atoms with Crippen molar-refractivity contribution in [1.29, 1.82) is 0 Å². The molecule has 1 nitrogen and oxygen atoms in total. The lowest BCUT2D eigenvalue weighted by molar-refractivity contribution is 0.357. The second kappa shape index (κ2) is 5.55. The van der Waals surface area contributed by atoms with Gasteiger partial charge in [0, 0.05) is 11.9 Å². The van der Waals surface area contributed by atoms with E-state index in [4.69, 9.17) is 0 Å². The van der Waals surface area contributed by atoms with Crippen LogP contribution in [-0.2, 0) is 0 Å². The molecule has 0 spiro atoms. The zero-order chi connectivity index (χ0) is 8.81. The van der Waals surface area contributed by atoms with Gasteiger partial charge in [0.15, 0.2) is 0 Å². The largest absolute Gasteiger partial charge is 0.316 e. The van der Waals surface area contributed by atoms with Crippen molar-refractivity contribution in [2.75, 3.05) is 18.4 Å². The average molecular weight is 230 g/mol. The molecule has 2 heteroatoms. The van der Waals surface area contributed by atoms with Crippen molar-refractivity contribution in [2.24, 2.45) is 11.8 Å². The van der Waals surface area contributed by atoms with Crippen LogP contribution in [0.3, 0.4) is 0 Å². The molecule has 0 bridgehead atoms. The molecule has 2 atom stereocenters. The van der Waals surface area contributed by atoms with Gasteiger partial charge >= 0.3 is 0 Å². The van der Waals surface area contributed by atoms with Crippen LogP contribution >= 0.6 is 15.9 Å². The zero-order valence-electron chi connectivity index (χ0n) is 7.30. The SMILES string of the molecule is C=CC1CNCCC1/C=C\CBr. The molecule has 1 aliphatic rings. The number of hydrogen-bond donors (Lipinski definition) is 1. The molecule has 1 rings (SSSR count). The maximum Gasteiger partial charge on any atom is 0.0212 e. The summed E-state index contributed by atoms with van der Waals surface area (Å²) in [5.74, 6) is 1.32. The third-order valence-electron chi connectivity index (χ3n) is 2.36. The highest BCUT2D eigenvalue weighted by Crippen LogP contribution is 2.21. The second-order valence-corrected chi connectivity index (χ2v) is 3.79. The van der Waals surface area contributed by atoms with Crippen LogP contribution in [0.1, 0.15) is 6.42 Å². The van der Waals surface area contributed by atoms with Crippen LogP contribution in [0.5, 0.6) is 0 Å². The van der Waals surface area contributed by atoms with Crippen LogP contribution in [0.15, 0.2) is 24.8 Å². The molecule has 2 unspecified atom stereocenters. The van der Waals surface area contributed by atoms with E-state index in [9.17, 15) is 0 Å². The molecule has 1 saturated heterocycles. The fourth-order valence-electron chi connectivity index (χ4n) is 1.63. The van der Waals surface area contributed by atoms with Gasteiger partial charge in [-0.25, -0.2) is 0 Å². The van der Waals surface area contributed by atoms with E-state index >= 15 is 0 Å². The Balaban J connectivity index is 2.46. The molecule has 0 saturated carbocycles. The van der Waals surface area contributed by atoms with Crippen LogP contribution in [0.25, 0.3) is 0 Å². The van der Waals surface area contributed by atoms with Gasteiger partial charge < -0.3 is 5.32 Å². The highest BCUT2D eigenvalue weighted by molar-refractivity contribution is 9.09. The lowest BCUT2D eigenvalue weighted by Gasteiger charge is -2.27. The molecule has 1 aliphatic heterocycles. The fourth-order valence-corrected chi connectivity index (χ4v) is 1.84. The summed E-state index contributed by atoms with van der Waals surface area (Å²) in [7, 11) is 0. The molecule has 0 radical (unpaired) electrons. The first-order valence-corrected chi connectivity index (χ1v) is 5.56. The van der Waals surface area contributed by atoms with E-state index in [1.54, 1.807) is 0 Å². The quantitative estimate of drug-likeness (QED) is 0.579. The lowest BCUT2D eigenvalue weighted by atomic mass is 9.86. The van der Waals surface area contributed by atoms with Gasteiger partial charge in [0.2, 0.25) is 0 Å². The molecule has 12 heavy (non-hydrogen) atoms. The van der Waals surface area contributed by atoms with Crippen LogP contribution in [0, 0.1) is 11.8 Å². The van der Waals surface area contributed by atoms with E-state index in [0.29, 0.717) is 11.8 Å². The minimum Gasteiger partial charge on any atom is -0.316 e. The third-order valence-corrected chi connectivity index (χ3v) is 2.73. The topological polar surface area (TPSA) is 12.0 Å². The van der Waals surface area contributed by atoms with Gasteiger partial charge in [-0.2, -0.15) is 0 Å². The van der Waals surface area contributed by atoms with E-state index in [0.717, 1.165) is 18.4 Å². The number of piperidine rings is 1. The fraction of sp³-hybridized carbons (Fsp3) is 0.600. The van der Waals surface area contributed by atoms with Crippen LogP contribution in [0.2, 0.25) is 0 Å². The van der Waals surface area contributed by atoms with Gasteiger partial charge in [0.1, 0.15) is 0 Å². The molecule has 68 valence electrons. The van der Waals surface area contributed by atoms with Crippen molar-refractivity contribution in [3.63, 3.8) is 0 Å². The van der Waals surface area contributed by atoms with Crippen molar-refractivity contribution >= 4 is 15.9 Å². The van der Waals surface area contributed by atoms with Crippen LogP contribution in [-0.4, -0.2) is 18.4 Å². The molecule has 0 aromatic rings. The first-order chi connectivity index (χ1) is 5.88. The first-order valence-electron chi connectivity index (χ1n) is 4.44. The first kappa shape index (κ1) is 10.0. The molecule has 0 aliphatic carbocycles. The molecule has 0 aromatic carbocycles. The molecule has 1 N–H and O–H groups in total. The van der Waals surface area contributed by atoms with E-state index in [2.05, 4.69) is 46.1 Å². The summed E-state index contributed by atoms with van der Waals surface area (Å²) in [6.45, 7) is 6.08. The van der Waals surface area contributed by atoms with E-state index in [1.807, 2.05) is 0 Å². The Morgan fingerprint density at radius 2 is 2.33 bits per heavy atom. The maximum atomic E-state index is 3.86. The number of halogens is 1. The van der Waals surface area contributed by atoms with Crippen LogP contribution < -0.4 is 5.32 Å². The molecular weight excluding hydrogens is 214 g/mol. The average Bonchev–Trinajstić information content (AvgIpc) is 2.15. The number of hydrogen-bond acceptors (Lipinski definition) is 1.